The smallest absolute Gasteiger partial charge is 0.257 e. The molecule has 1 aromatic heterocycles. The Balaban J connectivity index is 1.32. The van der Waals surface area contributed by atoms with Crippen molar-refractivity contribution in [2.45, 2.75) is 57.8 Å². The van der Waals surface area contributed by atoms with E-state index in [4.69, 9.17) is 0 Å². The van der Waals surface area contributed by atoms with Gasteiger partial charge < -0.3 is 9.80 Å². The lowest BCUT2D eigenvalue weighted by molar-refractivity contribution is -0.132. The number of benzene rings is 1. The van der Waals surface area contributed by atoms with Gasteiger partial charge in [-0.05, 0) is 63.1 Å². The van der Waals surface area contributed by atoms with Crippen molar-refractivity contribution in [1.29, 1.82) is 0 Å². The first-order valence-corrected chi connectivity index (χ1v) is 11.7. The number of piperidine rings is 1. The maximum atomic E-state index is 13.0. The Morgan fingerprint density at radius 2 is 1.78 bits per heavy atom. The molecule has 2 fully saturated rings. The van der Waals surface area contributed by atoms with Gasteiger partial charge >= 0.3 is 0 Å². The Hall–Kier alpha value is -2.83. The number of hydrogen-bond donors (Lipinski definition) is 0. The van der Waals surface area contributed by atoms with Crippen LogP contribution >= 0.6 is 0 Å². The summed E-state index contributed by atoms with van der Waals surface area (Å²) in [4.78, 5) is 38.4. The van der Waals surface area contributed by atoms with Crippen LogP contribution in [0.1, 0.15) is 71.9 Å². The predicted molar refractivity (Wildman–Crippen MR) is 120 cm³/mol. The number of amides is 2. The topological polar surface area (TPSA) is 66.4 Å². The van der Waals surface area contributed by atoms with E-state index in [0.717, 1.165) is 75.2 Å². The van der Waals surface area contributed by atoms with E-state index in [1.807, 2.05) is 16.7 Å². The van der Waals surface area contributed by atoms with E-state index in [1.165, 1.54) is 12.1 Å². The summed E-state index contributed by atoms with van der Waals surface area (Å²) < 4.78 is 13.0. The van der Waals surface area contributed by atoms with E-state index in [2.05, 4.69) is 9.97 Å². The first-order valence-electron chi connectivity index (χ1n) is 11.7. The molecule has 2 amide bonds. The molecule has 3 heterocycles. The lowest BCUT2D eigenvalue weighted by Crippen LogP contribution is -2.39. The Bertz CT molecular complexity index is 957. The van der Waals surface area contributed by atoms with Gasteiger partial charge in [0.15, 0.2) is 0 Å². The van der Waals surface area contributed by atoms with Crippen LogP contribution in [0.3, 0.4) is 0 Å². The standard InChI is InChI=1S/C25H31FN4O2/c1-18-22(25(32)29-13-2-3-14-29)16-27-24(28-18)20-7-5-15-30(17-20)23(31)8-4-6-19-9-11-21(26)12-10-19/h9-12,16,20H,2-8,13-15,17H2,1H3. The molecule has 6 nitrogen and oxygen atoms in total. The van der Waals surface area contributed by atoms with Crippen LogP contribution in [-0.4, -0.2) is 57.8 Å². The average molecular weight is 439 g/mol. The second kappa shape index (κ2) is 10.2. The maximum Gasteiger partial charge on any atom is 0.257 e. The van der Waals surface area contributed by atoms with E-state index >= 15 is 0 Å². The SMILES string of the molecule is Cc1nc(C2CCCN(C(=O)CCCc3ccc(F)cc3)C2)ncc1C(=O)N1CCCC1. The van der Waals surface area contributed by atoms with Crippen LogP contribution in [0.5, 0.6) is 0 Å². The molecular formula is C25H31FN4O2. The Labute approximate surface area is 188 Å². The zero-order valence-corrected chi connectivity index (χ0v) is 18.7. The summed E-state index contributed by atoms with van der Waals surface area (Å²) in [5, 5.41) is 0. The summed E-state index contributed by atoms with van der Waals surface area (Å²) in [6, 6.07) is 6.46. The van der Waals surface area contributed by atoms with Crippen molar-refractivity contribution in [3.63, 3.8) is 0 Å². The van der Waals surface area contributed by atoms with Crippen LogP contribution in [0.25, 0.3) is 0 Å². The highest BCUT2D eigenvalue weighted by atomic mass is 19.1. The second-order valence-electron chi connectivity index (χ2n) is 8.89. The van der Waals surface area contributed by atoms with Gasteiger partial charge in [-0.2, -0.15) is 0 Å². The summed E-state index contributed by atoms with van der Waals surface area (Å²) >= 11 is 0. The lowest BCUT2D eigenvalue weighted by Gasteiger charge is -2.32. The molecule has 7 heteroatoms. The zero-order valence-electron chi connectivity index (χ0n) is 18.7. The Morgan fingerprint density at radius 1 is 1.06 bits per heavy atom. The molecule has 32 heavy (non-hydrogen) atoms. The first-order chi connectivity index (χ1) is 15.5. The van der Waals surface area contributed by atoms with Crippen molar-refractivity contribution in [1.82, 2.24) is 19.8 Å². The zero-order chi connectivity index (χ0) is 22.5. The molecule has 2 aromatic rings. The number of hydrogen-bond acceptors (Lipinski definition) is 4. The average Bonchev–Trinajstić information content (AvgIpc) is 3.35. The molecule has 0 spiro atoms. The van der Waals surface area contributed by atoms with Gasteiger partial charge in [0.2, 0.25) is 5.91 Å². The highest BCUT2D eigenvalue weighted by molar-refractivity contribution is 5.95. The molecule has 0 bridgehead atoms. The predicted octanol–water partition coefficient (Wildman–Crippen LogP) is 3.89. The van der Waals surface area contributed by atoms with Gasteiger partial charge in [0, 0.05) is 44.7 Å². The van der Waals surface area contributed by atoms with E-state index < -0.39 is 0 Å². The number of aromatic nitrogens is 2. The van der Waals surface area contributed by atoms with Crippen LogP contribution in [0.4, 0.5) is 4.39 Å². The van der Waals surface area contributed by atoms with E-state index in [1.54, 1.807) is 18.3 Å². The van der Waals surface area contributed by atoms with E-state index in [-0.39, 0.29) is 23.5 Å². The van der Waals surface area contributed by atoms with Gasteiger partial charge in [0.1, 0.15) is 11.6 Å². The number of aryl methyl sites for hydroxylation is 2. The van der Waals surface area contributed by atoms with E-state index in [9.17, 15) is 14.0 Å². The van der Waals surface area contributed by atoms with E-state index in [0.29, 0.717) is 18.5 Å². The molecule has 0 saturated carbocycles. The summed E-state index contributed by atoms with van der Waals surface area (Å²) in [7, 11) is 0. The maximum absolute atomic E-state index is 13.0. The van der Waals surface area contributed by atoms with Gasteiger partial charge in [0.05, 0.1) is 11.3 Å². The third-order valence-corrected chi connectivity index (χ3v) is 6.53. The summed E-state index contributed by atoms with van der Waals surface area (Å²) in [6.45, 7) is 4.86. The van der Waals surface area contributed by atoms with Crippen LogP contribution in [-0.2, 0) is 11.2 Å². The highest BCUT2D eigenvalue weighted by Crippen LogP contribution is 2.26. The molecule has 0 N–H and O–H groups in total. The molecule has 2 aliphatic heterocycles. The number of halogens is 1. The van der Waals surface area contributed by atoms with Gasteiger partial charge in [-0.1, -0.05) is 12.1 Å². The van der Waals surface area contributed by atoms with Crippen LogP contribution < -0.4 is 0 Å². The fourth-order valence-electron chi connectivity index (χ4n) is 4.65. The molecule has 0 aliphatic carbocycles. The van der Waals surface area contributed by atoms with Crippen LogP contribution in [0.2, 0.25) is 0 Å². The number of carbonyl (C=O) groups is 2. The van der Waals surface area contributed by atoms with Crippen molar-refractivity contribution >= 4 is 11.8 Å². The van der Waals surface area contributed by atoms with Crippen molar-refractivity contribution in [2.24, 2.45) is 0 Å². The lowest BCUT2D eigenvalue weighted by atomic mass is 9.96. The highest BCUT2D eigenvalue weighted by Gasteiger charge is 2.28. The molecule has 170 valence electrons. The number of nitrogens with zero attached hydrogens (tertiary/aromatic N) is 4. The number of carbonyl (C=O) groups excluding carboxylic acids is 2. The third kappa shape index (κ3) is 5.31. The molecule has 4 rings (SSSR count). The molecule has 1 atom stereocenters. The van der Waals surface area contributed by atoms with Crippen molar-refractivity contribution < 1.29 is 14.0 Å². The van der Waals surface area contributed by atoms with Crippen molar-refractivity contribution in [3.05, 3.63) is 58.9 Å². The Kier molecular flexibility index (Phi) is 7.12. The minimum atomic E-state index is -0.241. The summed E-state index contributed by atoms with van der Waals surface area (Å²) in [6.07, 6.45) is 7.63. The van der Waals surface area contributed by atoms with Gasteiger partial charge in [-0.3, -0.25) is 9.59 Å². The molecule has 1 unspecified atom stereocenters. The largest absolute Gasteiger partial charge is 0.342 e. The fourth-order valence-corrected chi connectivity index (χ4v) is 4.65. The van der Waals surface area contributed by atoms with Gasteiger partial charge in [-0.25, -0.2) is 14.4 Å². The number of likely N-dealkylation sites (tertiary alicyclic amines) is 2. The molecule has 2 aliphatic rings. The molecular weight excluding hydrogens is 407 g/mol. The monoisotopic (exact) mass is 438 g/mol. The quantitative estimate of drug-likeness (QED) is 0.686. The molecule has 2 saturated heterocycles. The van der Waals surface area contributed by atoms with Gasteiger partial charge in [-0.15, -0.1) is 0 Å². The number of rotatable bonds is 6. The summed E-state index contributed by atoms with van der Waals surface area (Å²) in [5.74, 6) is 0.751. The van der Waals surface area contributed by atoms with Gasteiger partial charge in [0.25, 0.3) is 5.91 Å². The van der Waals surface area contributed by atoms with Crippen molar-refractivity contribution in [2.75, 3.05) is 26.2 Å². The van der Waals surface area contributed by atoms with Crippen LogP contribution in [0.15, 0.2) is 30.5 Å². The third-order valence-electron chi connectivity index (χ3n) is 6.53. The second-order valence-corrected chi connectivity index (χ2v) is 8.89. The summed E-state index contributed by atoms with van der Waals surface area (Å²) in [5.41, 5.74) is 2.35. The normalized spacial score (nSPS) is 18.8. The van der Waals surface area contributed by atoms with Crippen LogP contribution in [0, 0.1) is 12.7 Å². The minimum absolute atomic E-state index is 0.0214. The fraction of sp³-hybridized carbons (Fsp3) is 0.520. The van der Waals surface area contributed by atoms with Crippen molar-refractivity contribution in [3.8, 4) is 0 Å². The molecule has 0 radical (unpaired) electrons. The minimum Gasteiger partial charge on any atom is -0.342 e. The molecule has 1 aromatic carbocycles. The first kappa shape index (κ1) is 22.4. The Morgan fingerprint density at radius 3 is 2.50 bits per heavy atom.